The Bertz CT molecular complexity index is 388. The Morgan fingerprint density at radius 3 is 2.57 bits per heavy atom. The number of nitrogens with two attached hydrogens (primary N) is 1. The van der Waals surface area contributed by atoms with Gasteiger partial charge >= 0.3 is 5.97 Å². The first kappa shape index (κ1) is 10.0. The molecule has 0 radical (unpaired) electrons. The Morgan fingerprint density at radius 1 is 1.43 bits per heavy atom. The first-order valence-corrected chi connectivity index (χ1v) is 3.91. The third-order valence-electron chi connectivity index (χ3n) is 1.77. The molecule has 1 rings (SSSR count). The van der Waals surface area contributed by atoms with Crippen molar-refractivity contribution in [2.24, 2.45) is 0 Å². The molecule has 1 aromatic rings. The fourth-order valence-electron chi connectivity index (χ4n) is 1.02. The largest absolute Gasteiger partial charge is 0.478 e. The quantitative estimate of drug-likeness (QED) is 0.591. The third-order valence-corrected chi connectivity index (χ3v) is 1.77. The van der Waals surface area contributed by atoms with Crippen LogP contribution in [0.3, 0.4) is 0 Å². The SMILES string of the molecule is CNC(=O)c1cc(C(=O)O)ccc1N. The van der Waals surface area contributed by atoms with Crippen molar-refractivity contribution in [3.63, 3.8) is 0 Å². The van der Waals surface area contributed by atoms with E-state index in [-0.39, 0.29) is 16.8 Å². The second-order valence-electron chi connectivity index (χ2n) is 2.69. The number of carboxylic acids is 1. The number of carbonyl (C=O) groups is 2. The average molecular weight is 194 g/mol. The highest BCUT2D eigenvalue weighted by molar-refractivity contribution is 6.01. The highest BCUT2D eigenvalue weighted by Gasteiger charge is 2.11. The van der Waals surface area contributed by atoms with Gasteiger partial charge < -0.3 is 16.2 Å². The van der Waals surface area contributed by atoms with Crippen molar-refractivity contribution < 1.29 is 14.7 Å². The topological polar surface area (TPSA) is 92.4 Å². The van der Waals surface area contributed by atoms with E-state index in [1.54, 1.807) is 0 Å². The lowest BCUT2D eigenvalue weighted by atomic mass is 10.1. The molecule has 14 heavy (non-hydrogen) atoms. The molecular weight excluding hydrogens is 184 g/mol. The molecule has 0 aliphatic heterocycles. The van der Waals surface area contributed by atoms with E-state index in [9.17, 15) is 9.59 Å². The number of nitrogens with one attached hydrogen (secondary N) is 1. The zero-order valence-electron chi connectivity index (χ0n) is 7.57. The van der Waals surface area contributed by atoms with Crippen molar-refractivity contribution in [2.45, 2.75) is 0 Å². The van der Waals surface area contributed by atoms with E-state index in [2.05, 4.69) is 5.32 Å². The van der Waals surface area contributed by atoms with Gasteiger partial charge in [-0.1, -0.05) is 0 Å². The smallest absolute Gasteiger partial charge is 0.335 e. The summed E-state index contributed by atoms with van der Waals surface area (Å²) in [6.45, 7) is 0. The predicted octanol–water partition coefficient (Wildman–Crippen LogP) is 0.327. The van der Waals surface area contributed by atoms with Crippen molar-refractivity contribution >= 4 is 17.6 Å². The van der Waals surface area contributed by atoms with Crippen molar-refractivity contribution in [3.05, 3.63) is 29.3 Å². The number of hydrogen-bond acceptors (Lipinski definition) is 3. The van der Waals surface area contributed by atoms with Crippen LogP contribution in [0.25, 0.3) is 0 Å². The van der Waals surface area contributed by atoms with E-state index in [1.165, 1.54) is 25.2 Å². The Kier molecular flexibility index (Phi) is 2.71. The van der Waals surface area contributed by atoms with Crippen LogP contribution in [0.1, 0.15) is 20.7 Å². The number of carbonyl (C=O) groups excluding carboxylic acids is 1. The minimum Gasteiger partial charge on any atom is -0.478 e. The maximum absolute atomic E-state index is 11.2. The maximum Gasteiger partial charge on any atom is 0.335 e. The molecule has 0 bridgehead atoms. The predicted molar refractivity (Wildman–Crippen MR) is 51.2 cm³/mol. The highest BCUT2D eigenvalue weighted by Crippen LogP contribution is 2.13. The summed E-state index contributed by atoms with van der Waals surface area (Å²) in [5.74, 6) is -1.49. The van der Waals surface area contributed by atoms with Gasteiger partial charge in [0.1, 0.15) is 0 Å². The van der Waals surface area contributed by atoms with Crippen LogP contribution in [0, 0.1) is 0 Å². The zero-order valence-corrected chi connectivity index (χ0v) is 7.57. The molecule has 0 unspecified atom stereocenters. The summed E-state index contributed by atoms with van der Waals surface area (Å²) in [4.78, 5) is 21.8. The third kappa shape index (κ3) is 1.82. The van der Waals surface area contributed by atoms with Gasteiger partial charge in [-0.3, -0.25) is 4.79 Å². The van der Waals surface area contributed by atoms with Crippen LogP contribution < -0.4 is 11.1 Å². The van der Waals surface area contributed by atoms with Gasteiger partial charge in [0.15, 0.2) is 0 Å². The number of rotatable bonds is 2. The molecule has 0 heterocycles. The molecule has 0 spiro atoms. The van der Waals surface area contributed by atoms with Gasteiger partial charge in [0, 0.05) is 12.7 Å². The summed E-state index contributed by atoms with van der Waals surface area (Å²) < 4.78 is 0. The fourth-order valence-corrected chi connectivity index (χ4v) is 1.02. The second kappa shape index (κ2) is 3.78. The van der Waals surface area contributed by atoms with E-state index < -0.39 is 11.9 Å². The van der Waals surface area contributed by atoms with Crippen molar-refractivity contribution in [2.75, 3.05) is 12.8 Å². The van der Waals surface area contributed by atoms with Gasteiger partial charge in [-0.25, -0.2) is 4.79 Å². The molecule has 0 fully saturated rings. The molecular formula is C9H10N2O3. The standard InChI is InChI=1S/C9H10N2O3/c1-11-8(12)6-4-5(9(13)14)2-3-7(6)10/h2-4H,10H2,1H3,(H,11,12)(H,13,14). The van der Waals surface area contributed by atoms with Crippen LogP contribution in [0.4, 0.5) is 5.69 Å². The molecule has 0 saturated heterocycles. The summed E-state index contributed by atoms with van der Waals surface area (Å²) in [5, 5.41) is 11.1. The summed E-state index contributed by atoms with van der Waals surface area (Å²) in [6, 6.07) is 3.99. The van der Waals surface area contributed by atoms with Crippen molar-refractivity contribution in [3.8, 4) is 0 Å². The van der Waals surface area contributed by atoms with Gasteiger partial charge in [-0.15, -0.1) is 0 Å². The minimum absolute atomic E-state index is 0.0396. The van der Waals surface area contributed by atoms with E-state index in [1.807, 2.05) is 0 Å². The Labute approximate surface area is 80.5 Å². The number of anilines is 1. The molecule has 0 atom stereocenters. The van der Waals surface area contributed by atoms with Crippen molar-refractivity contribution in [1.29, 1.82) is 0 Å². The van der Waals surface area contributed by atoms with Crippen molar-refractivity contribution in [1.82, 2.24) is 5.32 Å². The number of amides is 1. The molecule has 5 nitrogen and oxygen atoms in total. The lowest BCUT2D eigenvalue weighted by molar-refractivity contribution is 0.0697. The molecule has 4 N–H and O–H groups in total. The summed E-state index contributed by atoms with van der Waals surface area (Å²) >= 11 is 0. The zero-order chi connectivity index (χ0) is 10.7. The summed E-state index contributed by atoms with van der Waals surface area (Å²) in [5.41, 5.74) is 5.98. The number of nitrogen functional groups attached to an aromatic ring is 1. The molecule has 5 heteroatoms. The van der Waals surface area contributed by atoms with Crippen LogP contribution in [0.2, 0.25) is 0 Å². The van der Waals surface area contributed by atoms with Gasteiger partial charge in [-0.05, 0) is 18.2 Å². The first-order valence-electron chi connectivity index (χ1n) is 3.91. The van der Waals surface area contributed by atoms with Crippen LogP contribution in [0.5, 0.6) is 0 Å². The van der Waals surface area contributed by atoms with Crippen LogP contribution in [0.15, 0.2) is 18.2 Å². The summed E-state index contributed by atoms with van der Waals surface area (Å²) in [7, 11) is 1.45. The summed E-state index contributed by atoms with van der Waals surface area (Å²) in [6.07, 6.45) is 0. The maximum atomic E-state index is 11.2. The Hall–Kier alpha value is -2.04. The monoisotopic (exact) mass is 194 g/mol. The number of hydrogen-bond donors (Lipinski definition) is 3. The van der Waals surface area contributed by atoms with Crippen LogP contribution in [-0.2, 0) is 0 Å². The fraction of sp³-hybridized carbons (Fsp3) is 0.111. The molecule has 74 valence electrons. The molecule has 1 amide bonds. The minimum atomic E-state index is -1.09. The number of aromatic carboxylic acids is 1. The van der Waals surface area contributed by atoms with Gasteiger partial charge in [0.2, 0.25) is 0 Å². The van der Waals surface area contributed by atoms with E-state index in [0.717, 1.165) is 0 Å². The van der Waals surface area contributed by atoms with E-state index >= 15 is 0 Å². The van der Waals surface area contributed by atoms with Gasteiger partial charge in [-0.2, -0.15) is 0 Å². The molecule has 0 aliphatic carbocycles. The van der Waals surface area contributed by atoms with Crippen LogP contribution >= 0.6 is 0 Å². The van der Waals surface area contributed by atoms with Gasteiger partial charge in [0.25, 0.3) is 5.91 Å². The lowest BCUT2D eigenvalue weighted by Crippen LogP contribution is -2.19. The number of carboxylic acid groups (broad SMARTS) is 1. The van der Waals surface area contributed by atoms with E-state index in [4.69, 9.17) is 10.8 Å². The molecule has 1 aromatic carbocycles. The second-order valence-corrected chi connectivity index (χ2v) is 2.69. The molecule has 0 aliphatic rings. The Balaban J connectivity index is 3.21. The Morgan fingerprint density at radius 2 is 2.07 bits per heavy atom. The lowest BCUT2D eigenvalue weighted by Gasteiger charge is -2.04. The average Bonchev–Trinajstić information content (AvgIpc) is 2.17. The molecule has 0 aromatic heterocycles. The van der Waals surface area contributed by atoms with E-state index in [0.29, 0.717) is 0 Å². The highest BCUT2D eigenvalue weighted by atomic mass is 16.4. The number of benzene rings is 1. The van der Waals surface area contributed by atoms with Crippen LogP contribution in [-0.4, -0.2) is 24.0 Å². The first-order chi connectivity index (χ1) is 6.56. The molecule has 0 saturated carbocycles. The van der Waals surface area contributed by atoms with Gasteiger partial charge in [0.05, 0.1) is 11.1 Å². The normalized spacial score (nSPS) is 9.50.